The van der Waals surface area contributed by atoms with E-state index < -0.39 is 5.63 Å². The molecule has 0 radical (unpaired) electrons. The third-order valence-electron chi connectivity index (χ3n) is 4.14. The van der Waals surface area contributed by atoms with Gasteiger partial charge >= 0.3 is 5.63 Å². The molecule has 0 bridgehead atoms. The van der Waals surface area contributed by atoms with Crippen molar-refractivity contribution in [1.82, 2.24) is 0 Å². The summed E-state index contributed by atoms with van der Waals surface area (Å²) in [6.07, 6.45) is 0.974. The van der Waals surface area contributed by atoms with Crippen molar-refractivity contribution in [3.63, 3.8) is 0 Å². The molecule has 0 unspecified atom stereocenters. The van der Waals surface area contributed by atoms with E-state index in [0.717, 1.165) is 16.7 Å². The highest BCUT2D eigenvalue weighted by Gasteiger charge is 2.27. The van der Waals surface area contributed by atoms with E-state index in [0.29, 0.717) is 29.7 Å². The minimum absolute atomic E-state index is 0.0753. The van der Waals surface area contributed by atoms with E-state index in [1.807, 2.05) is 54.6 Å². The average molecular weight is 290 g/mol. The molecular formula is C19H14O3. The molecule has 0 amide bonds. The molecule has 0 saturated heterocycles. The summed E-state index contributed by atoms with van der Waals surface area (Å²) < 4.78 is 5.51. The second-order valence-electron chi connectivity index (χ2n) is 5.52. The normalized spacial score (nSPS) is 12.0. The monoisotopic (exact) mass is 290 g/mol. The van der Waals surface area contributed by atoms with Crippen molar-refractivity contribution in [2.24, 2.45) is 0 Å². The third-order valence-corrected chi connectivity index (χ3v) is 4.14. The summed E-state index contributed by atoms with van der Waals surface area (Å²) >= 11 is 0. The first-order chi connectivity index (χ1) is 10.7. The second kappa shape index (κ2) is 4.88. The molecule has 0 atom stereocenters. The predicted octanol–water partition coefficient (Wildman–Crippen LogP) is 3.51. The standard InChI is InChI=1S/C19H14O3/c20-17-15-11-13-8-4-5-9-14(13)18(15)22-19(21)16(17)10-12-6-2-1-3-7-12/h1-9,20H,10-11H2. The van der Waals surface area contributed by atoms with Crippen LogP contribution in [-0.2, 0) is 12.8 Å². The molecule has 1 aromatic heterocycles. The maximum atomic E-state index is 12.3. The molecule has 22 heavy (non-hydrogen) atoms. The lowest BCUT2D eigenvalue weighted by atomic mass is 10.0. The van der Waals surface area contributed by atoms with Gasteiger partial charge in [0.15, 0.2) is 0 Å². The van der Waals surface area contributed by atoms with Gasteiger partial charge in [-0.1, -0.05) is 54.6 Å². The van der Waals surface area contributed by atoms with E-state index in [9.17, 15) is 9.90 Å². The zero-order valence-corrected chi connectivity index (χ0v) is 11.9. The van der Waals surface area contributed by atoms with Gasteiger partial charge in [-0.2, -0.15) is 0 Å². The fraction of sp³-hybridized carbons (Fsp3) is 0.105. The summed E-state index contributed by atoms with van der Waals surface area (Å²) in [5.74, 6) is 0.584. The Bertz CT molecular complexity index is 908. The van der Waals surface area contributed by atoms with Crippen LogP contribution in [-0.4, -0.2) is 5.11 Å². The van der Waals surface area contributed by atoms with Crippen LogP contribution in [0.1, 0.15) is 22.3 Å². The second-order valence-corrected chi connectivity index (χ2v) is 5.52. The number of benzene rings is 2. The lowest BCUT2D eigenvalue weighted by Gasteiger charge is -2.07. The molecule has 1 heterocycles. The molecule has 108 valence electrons. The molecule has 1 N–H and O–H groups in total. The van der Waals surface area contributed by atoms with Crippen LogP contribution in [0.2, 0.25) is 0 Å². The van der Waals surface area contributed by atoms with Gasteiger partial charge in [0.05, 0.1) is 5.56 Å². The van der Waals surface area contributed by atoms with Crippen molar-refractivity contribution < 1.29 is 9.52 Å². The van der Waals surface area contributed by atoms with E-state index in [-0.39, 0.29) is 5.75 Å². The number of fused-ring (bicyclic) bond motifs is 3. The zero-order chi connectivity index (χ0) is 15.1. The van der Waals surface area contributed by atoms with Gasteiger partial charge in [0, 0.05) is 24.0 Å². The Balaban J connectivity index is 1.84. The Labute approximate surface area is 127 Å². The highest BCUT2D eigenvalue weighted by Crippen LogP contribution is 2.41. The maximum absolute atomic E-state index is 12.3. The van der Waals surface area contributed by atoms with Crippen LogP contribution in [0.15, 0.2) is 63.8 Å². The van der Waals surface area contributed by atoms with E-state index in [4.69, 9.17) is 4.42 Å². The van der Waals surface area contributed by atoms with Crippen LogP contribution in [0.25, 0.3) is 11.3 Å². The number of hydrogen-bond acceptors (Lipinski definition) is 3. The molecule has 3 aromatic rings. The lowest BCUT2D eigenvalue weighted by Crippen LogP contribution is -2.10. The van der Waals surface area contributed by atoms with Gasteiger partial charge in [-0.05, 0) is 11.1 Å². The quantitative estimate of drug-likeness (QED) is 0.614. The summed E-state index contributed by atoms with van der Waals surface area (Å²) in [6, 6.07) is 17.4. The number of hydrogen-bond donors (Lipinski definition) is 1. The van der Waals surface area contributed by atoms with E-state index in [2.05, 4.69) is 0 Å². The molecule has 0 spiro atoms. The van der Waals surface area contributed by atoms with Crippen LogP contribution in [0.5, 0.6) is 5.75 Å². The fourth-order valence-corrected chi connectivity index (χ4v) is 3.03. The van der Waals surface area contributed by atoms with Crippen molar-refractivity contribution in [2.75, 3.05) is 0 Å². The highest BCUT2D eigenvalue weighted by atomic mass is 16.4. The van der Waals surface area contributed by atoms with Gasteiger partial charge in [0.2, 0.25) is 0 Å². The summed E-state index contributed by atoms with van der Waals surface area (Å²) in [4.78, 5) is 12.3. The Morgan fingerprint density at radius 3 is 2.55 bits per heavy atom. The van der Waals surface area contributed by atoms with Crippen molar-refractivity contribution in [3.05, 3.63) is 87.3 Å². The molecule has 0 aliphatic heterocycles. The average Bonchev–Trinajstić information content (AvgIpc) is 2.91. The summed E-state index contributed by atoms with van der Waals surface area (Å²) in [5, 5.41) is 10.6. The first kappa shape index (κ1) is 12.9. The van der Waals surface area contributed by atoms with Gasteiger partial charge in [0.25, 0.3) is 0 Å². The van der Waals surface area contributed by atoms with E-state index >= 15 is 0 Å². The highest BCUT2D eigenvalue weighted by molar-refractivity contribution is 5.74. The molecule has 1 aliphatic carbocycles. The van der Waals surface area contributed by atoms with Gasteiger partial charge in [-0.3, -0.25) is 0 Å². The van der Waals surface area contributed by atoms with Gasteiger partial charge in [0.1, 0.15) is 11.5 Å². The van der Waals surface area contributed by atoms with E-state index in [1.165, 1.54) is 0 Å². The van der Waals surface area contributed by atoms with E-state index in [1.54, 1.807) is 0 Å². The minimum atomic E-state index is -0.461. The van der Waals surface area contributed by atoms with Crippen LogP contribution in [0, 0.1) is 0 Å². The number of aromatic hydroxyl groups is 1. The zero-order valence-electron chi connectivity index (χ0n) is 11.9. The van der Waals surface area contributed by atoms with Crippen LogP contribution < -0.4 is 5.63 Å². The predicted molar refractivity (Wildman–Crippen MR) is 84.1 cm³/mol. The molecule has 2 aromatic carbocycles. The largest absolute Gasteiger partial charge is 0.507 e. The lowest BCUT2D eigenvalue weighted by molar-refractivity contribution is 0.437. The fourth-order valence-electron chi connectivity index (χ4n) is 3.03. The molecule has 0 fully saturated rings. The Morgan fingerprint density at radius 2 is 1.73 bits per heavy atom. The first-order valence-corrected chi connectivity index (χ1v) is 7.24. The Kier molecular flexibility index (Phi) is 2.86. The van der Waals surface area contributed by atoms with Crippen molar-refractivity contribution in [1.29, 1.82) is 0 Å². The summed E-state index contributed by atoms with van der Waals surface area (Å²) in [6.45, 7) is 0. The molecule has 0 saturated carbocycles. The van der Waals surface area contributed by atoms with Crippen molar-refractivity contribution in [3.8, 4) is 17.1 Å². The first-order valence-electron chi connectivity index (χ1n) is 7.24. The van der Waals surface area contributed by atoms with Crippen LogP contribution >= 0.6 is 0 Å². The van der Waals surface area contributed by atoms with Crippen molar-refractivity contribution in [2.45, 2.75) is 12.8 Å². The Hall–Kier alpha value is -2.81. The van der Waals surface area contributed by atoms with Crippen LogP contribution in [0.4, 0.5) is 0 Å². The smallest absolute Gasteiger partial charge is 0.343 e. The van der Waals surface area contributed by atoms with Crippen molar-refractivity contribution >= 4 is 0 Å². The van der Waals surface area contributed by atoms with Gasteiger partial charge in [-0.15, -0.1) is 0 Å². The molecular weight excluding hydrogens is 276 g/mol. The third kappa shape index (κ3) is 1.94. The summed E-state index contributed by atoms with van der Waals surface area (Å²) in [7, 11) is 0. The van der Waals surface area contributed by atoms with Crippen LogP contribution in [0.3, 0.4) is 0 Å². The minimum Gasteiger partial charge on any atom is -0.507 e. The van der Waals surface area contributed by atoms with Gasteiger partial charge in [-0.25, -0.2) is 4.79 Å². The summed E-state index contributed by atoms with van der Waals surface area (Å²) in [5.41, 5.74) is 3.53. The molecule has 3 heteroatoms. The SMILES string of the molecule is O=c1oc2c(c(O)c1Cc1ccccc1)Cc1ccccc1-2. The maximum Gasteiger partial charge on any atom is 0.343 e. The number of rotatable bonds is 2. The van der Waals surface area contributed by atoms with Gasteiger partial charge < -0.3 is 9.52 Å². The Morgan fingerprint density at radius 1 is 1.00 bits per heavy atom. The molecule has 4 rings (SSSR count). The molecule has 3 nitrogen and oxygen atoms in total. The molecule has 1 aliphatic rings. The topological polar surface area (TPSA) is 50.4 Å².